The van der Waals surface area contributed by atoms with Crippen LogP contribution in [-0.4, -0.2) is 18.7 Å². The molecule has 32 heavy (non-hydrogen) atoms. The Morgan fingerprint density at radius 2 is 1.69 bits per heavy atom. The summed E-state index contributed by atoms with van der Waals surface area (Å²) in [7, 11) is 0. The number of nitriles is 1. The van der Waals surface area contributed by atoms with Crippen molar-refractivity contribution in [1.82, 2.24) is 0 Å². The van der Waals surface area contributed by atoms with E-state index in [1.165, 1.54) is 29.7 Å². The van der Waals surface area contributed by atoms with Crippen LogP contribution in [0.5, 0.6) is 0 Å². The van der Waals surface area contributed by atoms with Gasteiger partial charge in [-0.3, -0.25) is 0 Å². The fourth-order valence-corrected chi connectivity index (χ4v) is 5.09. The topological polar surface area (TPSA) is 40.6 Å². The Hall–Kier alpha value is -3.76. The van der Waals surface area contributed by atoms with Crippen molar-refractivity contribution in [2.75, 3.05) is 18.0 Å². The molecule has 2 heterocycles. The van der Waals surface area contributed by atoms with Crippen LogP contribution in [0.3, 0.4) is 0 Å². The Morgan fingerprint density at radius 1 is 1.00 bits per heavy atom. The quantitative estimate of drug-likeness (QED) is 0.464. The zero-order chi connectivity index (χ0) is 22.0. The van der Waals surface area contributed by atoms with Gasteiger partial charge in [0.2, 0.25) is 0 Å². The summed E-state index contributed by atoms with van der Waals surface area (Å²) in [6, 6.07) is 19.1. The summed E-state index contributed by atoms with van der Waals surface area (Å²) in [6.07, 6.45) is 10.6. The lowest BCUT2D eigenvalue weighted by Gasteiger charge is -2.35. The Morgan fingerprint density at radius 3 is 2.31 bits per heavy atom. The first kappa shape index (κ1) is 20.2. The van der Waals surface area contributed by atoms with Gasteiger partial charge in [-0.05, 0) is 59.4 Å². The Labute approximate surface area is 189 Å². The minimum absolute atomic E-state index is 0.157. The average molecular weight is 420 g/mol. The number of nitrogens with zero attached hydrogens (tertiary/aromatic N) is 3. The van der Waals surface area contributed by atoms with E-state index in [9.17, 15) is 5.26 Å². The number of allylic oxidation sites excluding steroid dienone is 3. The molecule has 0 N–H and O–H groups in total. The molecule has 158 valence electrons. The van der Waals surface area contributed by atoms with Gasteiger partial charge < -0.3 is 9.64 Å². The first-order chi connectivity index (χ1) is 15.7. The highest BCUT2D eigenvalue weighted by Crippen LogP contribution is 2.43. The van der Waals surface area contributed by atoms with Crippen molar-refractivity contribution >= 4 is 11.8 Å². The second kappa shape index (κ2) is 8.40. The van der Waals surface area contributed by atoms with E-state index in [2.05, 4.69) is 64.3 Å². The maximum Gasteiger partial charge on any atom is 0.265 e. The monoisotopic (exact) mass is 419 g/mol. The molecule has 2 aromatic rings. The molecule has 0 bridgehead atoms. The fraction of sp³-hybridized carbons (Fsp3) is 0.286. The van der Waals surface area contributed by atoms with E-state index in [1.807, 2.05) is 18.2 Å². The van der Waals surface area contributed by atoms with E-state index in [0.29, 0.717) is 12.2 Å². The van der Waals surface area contributed by atoms with Gasteiger partial charge in [-0.1, -0.05) is 42.5 Å². The lowest BCUT2D eigenvalue weighted by molar-refractivity contribution is 0.0108. The molecule has 0 unspecified atom stereocenters. The number of benzene rings is 2. The molecule has 0 saturated carbocycles. The summed E-state index contributed by atoms with van der Waals surface area (Å²) >= 11 is 0. The number of anilines is 1. The van der Waals surface area contributed by atoms with Crippen LogP contribution in [0, 0.1) is 17.9 Å². The predicted octanol–water partition coefficient (Wildman–Crippen LogP) is 5.84. The molecule has 0 aromatic heterocycles. The molecule has 0 atom stereocenters. The SMILES string of the molecule is [C-]#[N+]/C(C#N)=C1C=C(/C=C/c2ccc(N3CCCC3)cc2)OC2(C\1)Cc1ccccc1C2. The Bertz CT molecular complexity index is 1160. The van der Waals surface area contributed by atoms with Gasteiger partial charge >= 0.3 is 0 Å². The smallest absolute Gasteiger partial charge is 0.265 e. The molecule has 4 heteroatoms. The maximum atomic E-state index is 9.48. The molecule has 1 saturated heterocycles. The molecule has 2 aliphatic heterocycles. The van der Waals surface area contributed by atoms with E-state index in [4.69, 9.17) is 11.3 Å². The predicted molar refractivity (Wildman–Crippen MR) is 127 cm³/mol. The van der Waals surface area contributed by atoms with Crippen LogP contribution >= 0.6 is 0 Å². The fourth-order valence-electron chi connectivity index (χ4n) is 5.09. The molecule has 2 aromatic carbocycles. The van der Waals surface area contributed by atoms with Gasteiger partial charge in [-0.2, -0.15) is 0 Å². The van der Waals surface area contributed by atoms with Gasteiger partial charge in [0, 0.05) is 38.0 Å². The van der Waals surface area contributed by atoms with Crippen molar-refractivity contribution in [3.63, 3.8) is 0 Å². The molecule has 4 nitrogen and oxygen atoms in total. The minimum atomic E-state index is -0.431. The molecule has 5 rings (SSSR count). The van der Waals surface area contributed by atoms with E-state index in [0.717, 1.165) is 37.1 Å². The van der Waals surface area contributed by atoms with Crippen molar-refractivity contribution in [3.05, 3.63) is 106 Å². The van der Waals surface area contributed by atoms with Crippen molar-refractivity contribution in [1.29, 1.82) is 5.26 Å². The van der Waals surface area contributed by atoms with Gasteiger partial charge in [0.1, 0.15) is 11.4 Å². The summed E-state index contributed by atoms with van der Waals surface area (Å²) in [5, 5.41) is 9.48. The van der Waals surface area contributed by atoms with Crippen LogP contribution in [-0.2, 0) is 17.6 Å². The second-order valence-corrected chi connectivity index (χ2v) is 8.85. The highest BCUT2D eigenvalue weighted by atomic mass is 16.5. The van der Waals surface area contributed by atoms with Crippen molar-refractivity contribution in [2.45, 2.75) is 37.7 Å². The van der Waals surface area contributed by atoms with Crippen LogP contribution in [0.1, 0.15) is 36.0 Å². The minimum Gasteiger partial charge on any atom is -0.486 e. The standard InChI is InChI=1S/C28H25N3O/c1-30-27(20-29)24-16-26(32-28(19-24)17-22-6-2-3-7-23(22)18-28)13-10-21-8-11-25(12-9-21)31-14-4-5-15-31/h2-3,6-13,16H,4-5,14-15,17-19H2/b13-10+,27-24+. The first-order valence-corrected chi connectivity index (χ1v) is 11.2. The van der Waals surface area contributed by atoms with E-state index in [-0.39, 0.29) is 5.70 Å². The molecule has 1 aliphatic carbocycles. The van der Waals surface area contributed by atoms with Gasteiger partial charge in [-0.25, -0.2) is 10.1 Å². The van der Waals surface area contributed by atoms with Gasteiger partial charge in [0.15, 0.2) is 0 Å². The van der Waals surface area contributed by atoms with Crippen molar-refractivity contribution in [3.8, 4) is 6.07 Å². The molecular formula is C28H25N3O. The van der Waals surface area contributed by atoms with Crippen molar-refractivity contribution < 1.29 is 4.74 Å². The number of hydrogen-bond donors (Lipinski definition) is 0. The molecule has 1 spiro atoms. The van der Waals surface area contributed by atoms with Crippen LogP contribution in [0.4, 0.5) is 5.69 Å². The van der Waals surface area contributed by atoms with Gasteiger partial charge in [0.05, 0.1) is 12.6 Å². The van der Waals surface area contributed by atoms with E-state index >= 15 is 0 Å². The Balaban J connectivity index is 1.41. The molecule has 0 amide bonds. The summed E-state index contributed by atoms with van der Waals surface area (Å²) in [5.41, 5.74) is 5.45. The summed E-state index contributed by atoms with van der Waals surface area (Å²) in [6.45, 7) is 9.70. The van der Waals surface area contributed by atoms with Gasteiger partial charge in [0.25, 0.3) is 5.70 Å². The molecular weight excluding hydrogens is 394 g/mol. The zero-order valence-electron chi connectivity index (χ0n) is 18.1. The summed E-state index contributed by atoms with van der Waals surface area (Å²) in [4.78, 5) is 5.90. The van der Waals surface area contributed by atoms with Crippen LogP contribution in [0.15, 0.2) is 77.7 Å². The lowest BCUT2D eigenvalue weighted by Crippen LogP contribution is -2.36. The number of rotatable bonds is 3. The number of hydrogen-bond acceptors (Lipinski definition) is 3. The zero-order valence-corrected chi connectivity index (χ0v) is 18.1. The van der Waals surface area contributed by atoms with Crippen LogP contribution in [0.2, 0.25) is 0 Å². The largest absolute Gasteiger partial charge is 0.486 e. The molecule has 3 aliphatic rings. The van der Waals surface area contributed by atoms with E-state index in [1.54, 1.807) is 0 Å². The van der Waals surface area contributed by atoms with Crippen molar-refractivity contribution in [2.24, 2.45) is 0 Å². The third-order valence-corrected chi connectivity index (χ3v) is 6.63. The van der Waals surface area contributed by atoms with Crippen LogP contribution < -0.4 is 4.90 Å². The Kier molecular flexibility index (Phi) is 5.29. The maximum absolute atomic E-state index is 9.48. The summed E-state index contributed by atoms with van der Waals surface area (Å²) in [5.74, 6) is 0.707. The van der Waals surface area contributed by atoms with Crippen LogP contribution in [0.25, 0.3) is 10.9 Å². The second-order valence-electron chi connectivity index (χ2n) is 8.85. The first-order valence-electron chi connectivity index (χ1n) is 11.2. The summed E-state index contributed by atoms with van der Waals surface area (Å²) < 4.78 is 6.53. The number of fused-ring (bicyclic) bond motifs is 1. The normalized spacial score (nSPS) is 20.4. The van der Waals surface area contributed by atoms with Gasteiger partial charge in [-0.15, -0.1) is 0 Å². The molecule has 0 radical (unpaired) electrons. The third kappa shape index (κ3) is 3.93. The highest BCUT2D eigenvalue weighted by molar-refractivity contribution is 5.59. The molecule has 1 fully saturated rings. The average Bonchev–Trinajstić information content (AvgIpc) is 3.46. The number of ether oxygens (including phenoxy) is 1. The highest BCUT2D eigenvalue weighted by Gasteiger charge is 2.42. The third-order valence-electron chi connectivity index (χ3n) is 6.63. The lowest BCUT2D eigenvalue weighted by atomic mass is 9.87. The van der Waals surface area contributed by atoms with E-state index < -0.39 is 5.60 Å².